The summed E-state index contributed by atoms with van der Waals surface area (Å²) >= 11 is 0. The van der Waals surface area contributed by atoms with E-state index in [2.05, 4.69) is 5.32 Å². The van der Waals surface area contributed by atoms with Crippen molar-refractivity contribution in [3.05, 3.63) is 0 Å². The highest BCUT2D eigenvalue weighted by Crippen LogP contribution is 2.46. The summed E-state index contributed by atoms with van der Waals surface area (Å²) in [5, 5.41) is 4.43. The van der Waals surface area contributed by atoms with E-state index < -0.39 is 42.4 Å². The molecule has 1 saturated heterocycles. The maximum absolute atomic E-state index is 13.2. The van der Waals surface area contributed by atoms with Crippen LogP contribution in [0.3, 0.4) is 0 Å². The number of halogens is 7. The Labute approximate surface area is 186 Å². The molecule has 192 valence electrons. The van der Waals surface area contributed by atoms with Gasteiger partial charge in [-0.25, -0.2) is 0 Å². The molecule has 7 nitrogen and oxygen atoms in total. The minimum absolute atomic E-state index is 0.0233. The molecule has 0 radical (unpaired) electrons. The zero-order chi connectivity index (χ0) is 25.3. The normalized spacial score (nSPS) is 16.0. The summed E-state index contributed by atoms with van der Waals surface area (Å²) < 4.78 is 88.1. The van der Waals surface area contributed by atoms with Gasteiger partial charge in [0.2, 0.25) is 17.7 Å². The Balaban J connectivity index is 2.33. The first-order valence-electron chi connectivity index (χ1n) is 10.6. The number of hydrogen-bond donors (Lipinski definition) is 3. The number of nitrogens with zero attached hydrogens (tertiary/aromatic N) is 1. The number of unbranched alkanes of at least 4 members (excludes halogenated alkanes) is 2. The number of hydrogen-bond acceptors (Lipinski definition) is 4. The SMILES string of the molecule is NC(=O)CC[C@H](NCCCCCC(=O)NCC(F)(F)C(F)(F)C(F)(F)F)C(=O)N1CCCC1. The van der Waals surface area contributed by atoms with Crippen LogP contribution in [0.5, 0.6) is 0 Å². The molecule has 0 bridgehead atoms. The molecule has 0 aromatic rings. The second kappa shape index (κ2) is 12.4. The molecule has 1 atom stereocenters. The van der Waals surface area contributed by atoms with Gasteiger partial charge in [-0.15, -0.1) is 0 Å². The maximum Gasteiger partial charge on any atom is 0.459 e. The topological polar surface area (TPSA) is 105 Å². The van der Waals surface area contributed by atoms with Crippen LogP contribution in [-0.2, 0) is 14.4 Å². The lowest BCUT2D eigenvalue weighted by atomic mass is 10.1. The fourth-order valence-electron chi connectivity index (χ4n) is 3.24. The van der Waals surface area contributed by atoms with E-state index in [1.54, 1.807) is 4.90 Å². The zero-order valence-electron chi connectivity index (χ0n) is 18.0. The Bertz CT molecular complexity index is 668. The number of rotatable bonds is 14. The third-order valence-electron chi connectivity index (χ3n) is 5.19. The summed E-state index contributed by atoms with van der Waals surface area (Å²) in [6.45, 7) is -0.520. The molecular formula is C19H29F7N4O3. The van der Waals surface area contributed by atoms with Gasteiger partial charge in [-0.05, 0) is 38.6 Å². The minimum Gasteiger partial charge on any atom is -0.370 e. The third-order valence-corrected chi connectivity index (χ3v) is 5.19. The summed E-state index contributed by atoms with van der Waals surface area (Å²) in [7, 11) is 0. The first kappa shape index (κ1) is 28.9. The van der Waals surface area contributed by atoms with Gasteiger partial charge < -0.3 is 21.3 Å². The monoisotopic (exact) mass is 494 g/mol. The van der Waals surface area contributed by atoms with Crippen molar-refractivity contribution in [2.45, 2.75) is 75.4 Å². The van der Waals surface area contributed by atoms with E-state index >= 15 is 0 Å². The number of primary amides is 1. The van der Waals surface area contributed by atoms with E-state index in [1.165, 1.54) is 5.32 Å². The van der Waals surface area contributed by atoms with Crippen LogP contribution >= 0.6 is 0 Å². The van der Waals surface area contributed by atoms with Crippen molar-refractivity contribution in [2.24, 2.45) is 5.73 Å². The van der Waals surface area contributed by atoms with Crippen LogP contribution in [0.1, 0.15) is 51.4 Å². The molecule has 3 amide bonds. The van der Waals surface area contributed by atoms with Crippen LogP contribution < -0.4 is 16.4 Å². The predicted octanol–water partition coefficient (Wildman–Crippen LogP) is 2.34. The molecular weight excluding hydrogens is 465 g/mol. The Kier molecular flexibility index (Phi) is 10.8. The molecule has 1 heterocycles. The number of nitrogens with one attached hydrogen (secondary N) is 2. The van der Waals surface area contributed by atoms with E-state index in [4.69, 9.17) is 5.73 Å². The second-order valence-corrected chi connectivity index (χ2v) is 7.91. The molecule has 0 spiro atoms. The van der Waals surface area contributed by atoms with Crippen molar-refractivity contribution in [3.8, 4) is 0 Å². The van der Waals surface area contributed by atoms with Gasteiger partial charge in [-0.3, -0.25) is 14.4 Å². The molecule has 14 heteroatoms. The highest BCUT2D eigenvalue weighted by molar-refractivity contribution is 5.83. The summed E-state index contributed by atoms with van der Waals surface area (Å²) in [5.74, 6) is -13.5. The summed E-state index contributed by atoms with van der Waals surface area (Å²) in [6, 6.07) is -0.601. The van der Waals surface area contributed by atoms with Crippen LogP contribution in [-0.4, -0.2) is 72.9 Å². The van der Waals surface area contributed by atoms with Crippen molar-refractivity contribution < 1.29 is 45.1 Å². The Morgan fingerprint density at radius 2 is 1.52 bits per heavy atom. The van der Waals surface area contributed by atoms with Crippen molar-refractivity contribution in [3.63, 3.8) is 0 Å². The fourth-order valence-corrected chi connectivity index (χ4v) is 3.24. The van der Waals surface area contributed by atoms with E-state index in [9.17, 15) is 45.1 Å². The second-order valence-electron chi connectivity index (χ2n) is 7.91. The predicted molar refractivity (Wildman–Crippen MR) is 103 cm³/mol. The van der Waals surface area contributed by atoms with Gasteiger partial charge >= 0.3 is 18.0 Å². The molecule has 1 rings (SSSR count). The molecule has 1 aliphatic heterocycles. The average molecular weight is 494 g/mol. The summed E-state index contributed by atoms with van der Waals surface area (Å²) in [4.78, 5) is 36.8. The molecule has 0 unspecified atom stereocenters. The van der Waals surface area contributed by atoms with Crippen LogP contribution in [0.25, 0.3) is 0 Å². The van der Waals surface area contributed by atoms with Gasteiger partial charge in [0.15, 0.2) is 0 Å². The highest BCUT2D eigenvalue weighted by Gasteiger charge is 2.72. The first-order valence-corrected chi connectivity index (χ1v) is 10.6. The molecule has 0 aromatic carbocycles. The van der Waals surface area contributed by atoms with Crippen LogP contribution in [0, 0.1) is 0 Å². The first-order chi connectivity index (χ1) is 15.2. The number of carbonyl (C=O) groups is 3. The average Bonchev–Trinajstić information content (AvgIpc) is 3.24. The van der Waals surface area contributed by atoms with Crippen LogP contribution in [0.4, 0.5) is 30.7 Å². The van der Waals surface area contributed by atoms with Crippen LogP contribution in [0.15, 0.2) is 0 Å². The molecule has 1 aliphatic rings. The van der Waals surface area contributed by atoms with Crippen molar-refractivity contribution in [1.29, 1.82) is 0 Å². The molecule has 1 fully saturated rings. The van der Waals surface area contributed by atoms with Gasteiger partial charge in [0.25, 0.3) is 0 Å². The quantitative estimate of drug-likeness (QED) is 0.255. The Morgan fingerprint density at radius 3 is 2.06 bits per heavy atom. The number of amides is 3. The van der Waals surface area contributed by atoms with E-state index in [1.807, 2.05) is 0 Å². The van der Waals surface area contributed by atoms with Gasteiger partial charge in [-0.2, -0.15) is 30.7 Å². The van der Waals surface area contributed by atoms with Gasteiger partial charge in [0.05, 0.1) is 12.6 Å². The lowest BCUT2D eigenvalue weighted by molar-refractivity contribution is -0.352. The number of likely N-dealkylation sites (tertiary alicyclic amines) is 1. The number of alkyl halides is 7. The van der Waals surface area contributed by atoms with Gasteiger partial charge in [0, 0.05) is 25.9 Å². The van der Waals surface area contributed by atoms with Crippen molar-refractivity contribution in [2.75, 3.05) is 26.2 Å². The Hall–Kier alpha value is -2.12. The number of carbonyl (C=O) groups excluding carboxylic acids is 3. The molecule has 4 N–H and O–H groups in total. The smallest absolute Gasteiger partial charge is 0.370 e. The molecule has 0 saturated carbocycles. The minimum atomic E-state index is -6.44. The van der Waals surface area contributed by atoms with E-state index in [-0.39, 0.29) is 31.6 Å². The van der Waals surface area contributed by atoms with Crippen molar-refractivity contribution >= 4 is 17.7 Å². The third kappa shape index (κ3) is 8.97. The fraction of sp³-hybridized carbons (Fsp3) is 0.842. The zero-order valence-corrected chi connectivity index (χ0v) is 18.0. The summed E-state index contributed by atoms with van der Waals surface area (Å²) in [6.07, 6.45) is -3.70. The van der Waals surface area contributed by atoms with E-state index in [0.717, 1.165) is 12.8 Å². The molecule has 0 aliphatic carbocycles. The lowest BCUT2D eigenvalue weighted by Crippen LogP contribution is -2.56. The van der Waals surface area contributed by atoms with Crippen LogP contribution in [0.2, 0.25) is 0 Å². The standard InChI is InChI=1S/C19H29F7N4O3/c20-17(21,18(22,23)19(24,25)26)12-29-15(32)6-2-1-3-9-28-13(7-8-14(27)31)16(33)30-10-4-5-11-30/h13,28H,1-12H2,(H2,27,31)(H,29,32)/t13-/m0/s1. The molecule has 0 aromatic heterocycles. The van der Waals surface area contributed by atoms with Gasteiger partial charge in [0.1, 0.15) is 0 Å². The van der Waals surface area contributed by atoms with Gasteiger partial charge in [-0.1, -0.05) is 6.42 Å². The largest absolute Gasteiger partial charge is 0.459 e. The highest BCUT2D eigenvalue weighted by atomic mass is 19.4. The Morgan fingerprint density at radius 1 is 0.909 bits per heavy atom. The van der Waals surface area contributed by atoms with E-state index in [0.29, 0.717) is 32.5 Å². The summed E-state index contributed by atoms with van der Waals surface area (Å²) in [5.41, 5.74) is 5.14. The number of nitrogens with two attached hydrogens (primary N) is 1. The maximum atomic E-state index is 13.2. The van der Waals surface area contributed by atoms with Crippen molar-refractivity contribution in [1.82, 2.24) is 15.5 Å². The molecule has 33 heavy (non-hydrogen) atoms. The lowest BCUT2D eigenvalue weighted by Gasteiger charge is -2.28.